The zero-order valence-electron chi connectivity index (χ0n) is 20.0. The third kappa shape index (κ3) is 6.51. The Hall–Kier alpha value is -3.13. The van der Waals surface area contributed by atoms with Gasteiger partial charge in [-0.2, -0.15) is 0 Å². The van der Waals surface area contributed by atoms with E-state index in [1.165, 1.54) is 23.4 Å². The van der Waals surface area contributed by atoms with E-state index in [-0.39, 0.29) is 23.5 Å². The van der Waals surface area contributed by atoms with Crippen molar-refractivity contribution >= 4 is 17.7 Å². The van der Waals surface area contributed by atoms with Crippen LogP contribution in [0.4, 0.5) is 4.39 Å². The Morgan fingerprint density at radius 1 is 1.17 bits per heavy atom. The maximum absolute atomic E-state index is 13.9. The van der Waals surface area contributed by atoms with Crippen molar-refractivity contribution in [3.8, 4) is 5.75 Å². The van der Waals surface area contributed by atoms with E-state index in [0.717, 1.165) is 32.4 Å². The Bertz CT molecular complexity index is 1130. The van der Waals surface area contributed by atoms with Gasteiger partial charge in [0.15, 0.2) is 22.5 Å². The first-order valence-corrected chi connectivity index (χ1v) is 12.8. The minimum Gasteiger partial charge on any atom is -0.483 e. The van der Waals surface area contributed by atoms with Crippen LogP contribution in [0.1, 0.15) is 31.2 Å². The number of benzene rings is 2. The number of nitrogens with zero attached hydrogens (tertiary/aromatic N) is 4. The summed E-state index contributed by atoms with van der Waals surface area (Å²) in [4.78, 5) is 15.1. The van der Waals surface area contributed by atoms with E-state index < -0.39 is 5.82 Å². The summed E-state index contributed by atoms with van der Waals surface area (Å²) in [5.41, 5.74) is 1.36. The van der Waals surface area contributed by atoms with Crippen molar-refractivity contribution in [2.45, 2.75) is 49.7 Å². The standard InChI is InChI=1S/C27H31FN4O2S/c1-3-15-32-25(19-34-24-12-8-7-11-23(24)28)29-30-27(32)35-20(2)26(33)31-16-13-22(14-17-31)18-21-9-5-4-6-10-21/h3-12,20,22H,1,13-19H2,2H3. The molecule has 4 rings (SSSR count). The van der Waals surface area contributed by atoms with Crippen molar-refractivity contribution in [2.75, 3.05) is 13.1 Å². The maximum Gasteiger partial charge on any atom is 0.235 e. The molecule has 1 unspecified atom stereocenters. The second-order valence-electron chi connectivity index (χ2n) is 8.74. The van der Waals surface area contributed by atoms with Gasteiger partial charge in [-0.05, 0) is 49.8 Å². The first-order valence-electron chi connectivity index (χ1n) is 11.9. The normalized spacial score (nSPS) is 15.1. The lowest BCUT2D eigenvalue weighted by Gasteiger charge is -2.33. The van der Waals surface area contributed by atoms with Crippen molar-refractivity contribution in [1.82, 2.24) is 19.7 Å². The fourth-order valence-corrected chi connectivity index (χ4v) is 5.26. The molecular weight excluding hydrogens is 463 g/mol. The molecule has 0 aliphatic carbocycles. The number of likely N-dealkylation sites (tertiary alicyclic amines) is 1. The second-order valence-corrected chi connectivity index (χ2v) is 10.0. The zero-order valence-corrected chi connectivity index (χ0v) is 20.8. The zero-order chi connectivity index (χ0) is 24.6. The van der Waals surface area contributed by atoms with Crippen LogP contribution in [0, 0.1) is 11.7 Å². The number of carbonyl (C=O) groups excluding carboxylic acids is 1. The van der Waals surface area contributed by atoms with Crippen LogP contribution in [0.15, 0.2) is 72.4 Å². The summed E-state index contributed by atoms with van der Waals surface area (Å²) in [6.07, 6.45) is 4.84. The Morgan fingerprint density at radius 3 is 2.60 bits per heavy atom. The van der Waals surface area contributed by atoms with Gasteiger partial charge in [-0.25, -0.2) is 4.39 Å². The lowest BCUT2D eigenvalue weighted by Crippen LogP contribution is -2.42. The highest BCUT2D eigenvalue weighted by atomic mass is 32.2. The molecule has 0 bridgehead atoms. The quantitative estimate of drug-likeness (QED) is 0.288. The van der Waals surface area contributed by atoms with Gasteiger partial charge in [-0.3, -0.25) is 9.36 Å². The van der Waals surface area contributed by atoms with E-state index >= 15 is 0 Å². The molecule has 35 heavy (non-hydrogen) atoms. The molecule has 1 saturated heterocycles. The minimum atomic E-state index is -0.427. The number of thioether (sulfide) groups is 1. The Labute approximate surface area is 210 Å². The van der Waals surface area contributed by atoms with E-state index in [1.54, 1.807) is 24.3 Å². The van der Waals surface area contributed by atoms with Crippen molar-refractivity contribution < 1.29 is 13.9 Å². The van der Waals surface area contributed by atoms with Crippen molar-refractivity contribution in [3.63, 3.8) is 0 Å². The fraction of sp³-hybridized carbons (Fsp3) is 0.370. The van der Waals surface area contributed by atoms with Gasteiger partial charge in [0.1, 0.15) is 6.61 Å². The van der Waals surface area contributed by atoms with Gasteiger partial charge in [-0.15, -0.1) is 16.8 Å². The Morgan fingerprint density at radius 2 is 1.89 bits per heavy atom. The van der Waals surface area contributed by atoms with E-state index in [4.69, 9.17) is 4.74 Å². The molecule has 0 N–H and O–H groups in total. The molecule has 3 aromatic rings. The number of ether oxygens (including phenoxy) is 1. The number of carbonyl (C=O) groups is 1. The van der Waals surface area contributed by atoms with Gasteiger partial charge >= 0.3 is 0 Å². The summed E-state index contributed by atoms with van der Waals surface area (Å²) >= 11 is 1.38. The lowest BCUT2D eigenvalue weighted by molar-refractivity contribution is -0.131. The summed E-state index contributed by atoms with van der Waals surface area (Å²) in [5, 5.41) is 8.83. The van der Waals surface area contributed by atoms with E-state index in [2.05, 4.69) is 41.0 Å². The van der Waals surface area contributed by atoms with Crippen LogP contribution in [0.2, 0.25) is 0 Å². The number of amides is 1. The fourth-order valence-electron chi connectivity index (χ4n) is 4.30. The molecule has 1 aromatic heterocycles. The van der Waals surface area contributed by atoms with Crippen LogP contribution in [0.5, 0.6) is 5.75 Å². The molecule has 1 aliphatic heterocycles. The molecule has 8 heteroatoms. The number of hydrogen-bond acceptors (Lipinski definition) is 5. The van der Waals surface area contributed by atoms with E-state index in [0.29, 0.717) is 23.4 Å². The van der Waals surface area contributed by atoms with Crippen LogP contribution in [0.25, 0.3) is 0 Å². The number of para-hydroxylation sites is 1. The SMILES string of the molecule is C=CCn1c(COc2ccccc2F)nnc1SC(C)C(=O)N1CCC(Cc2ccccc2)CC1. The molecule has 1 aliphatic rings. The number of halogens is 1. The monoisotopic (exact) mass is 494 g/mol. The number of piperidine rings is 1. The maximum atomic E-state index is 13.9. The molecule has 0 spiro atoms. The third-order valence-electron chi connectivity index (χ3n) is 6.22. The van der Waals surface area contributed by atoms with Gasteiger partial charge in [0, 0.05) is 19.6 Å². The third-order valence-corrected chi connectivity index (χ3v) is 7.29. The largest absolute Gasteiger partial charge is 0.483 e. The molecule has 2 aromatic carbocycles. The summed E-state index contributed by atoms with van der Waals surface area (Å²) in [6.45, 7) is 7.82. The van der Waals surface area contributed by atoms with Crippen LogP contribution < -0.4 is 4.74 Å². The summed E-state index contributed by atoms with van der Waals surface area (Å²) in [6, 6.07) is 16.8. The topological polar surface area (TPSA) is 60.2 Å². The van der Waals surface area contributed by atoms with Gasteiger partial charge in [-0.1, -0.05) is 60.3 Å². The highest BCUT2D eigenvalue weighted by molar-refractivity contribution is 8.00. The van der Waals surface area contributed by atoms with Gasteiger partial charge < -0.3 is 9.64 Å². The van der Waals surface area contributed by atoms with E-state index in [9.17, 15) is 9.18 Å². The Kier molecular flexibility index (Phi) is 8.58. The van der Waals surface area contributed by atoms with Crippen LogP contribution >= 0.6 is 11.8 Å². The predicted molar refractivity (Wildman–Crippen MR) is 136 cm³/mol. The Balaban J connectivity index is 1.33. The molecule has 2 heterocycles. The highest BCUT2D eigenvalue weighted by Gasteiger charge is 2.28. The average molecular weight is 495 g/mol. The van der Waals surface area contributed by atoms with E-state index in [1.807, 2.05) is 22.5 Å². The number of aromatic nitrogens is 3. The first kappa shape index (κ1) is 25.0. The average Bonchev–Trinajstić information content (AvgIpc) is 3.25. The number of rotatable bonds is 10. The second kappa shape index (κ2) is 12.0. The molecule has 0 saturated carbocycles. The van der Waals surface area contributed by atoms with Gasteiger partial charge in [0.2, 0.25) is 5.91 Å². The summed E-state index contributed by atoms with van der Waals surface area (Å²) < 4.78 is 21.3. The lowest BCUT2D eigenvalue weighted by atomic mass is 9.90. The summed E-state index contributed by atoms with van der Waals surface area (Å²) in [5.74, 6) is 1.01. The molecule has 1 amide bonds. The van der Waals surface area contributed by atoms with Crippen LogP contribution in [0.3, 0.4) is 0 Å². The predicted octanol–water partition coefficient (Wildman–Crippen LogP) is 5.14. The van der Waals surface area contributed by atoms with Crippen LogP contribution in [-0.4, -0.2) is 43.9 Å². The number of hydrogen-bond donors (Lipinski definition) is 0. The molecule has 0 radical (unpaired) electrons. The van der Waals surface area contributed by atoms with Crippen molar-refractivity contribution in [3.05, 3.63) is 84.5 Å². The minimum absolute atomic E-state index is 0.0690. The van der Waals surface area contributed by atoms with Gasteiger partial charge in [0.25, 0.3) is 0 Å². The molecular formula is C27H31FN4O2S. The molecule has 1 fully saturated rings. The highest BCUT2D eigenvalue weighted by Crippen LogP contribution is 2.27. The molecule has 1 atom stereocenters. The van der Waals surface area contributed by atoms with Gasteiger partial charge in [0.05, 0.1) is 5.25 Å². The summed E-state index contributed by atoms with van der Waals surface area (Å²) in [7, 11) is 0. The molecule has 6 nitrogen and oxygen atoms in total. The first-order chi connectivity index (χ1) is 17.0. The molecule has 184 valence electrons. The van der Waals surface area contributed by atoms with Crippen LogP contribution in [-0.2, 0) is 24.4 Å². The van der Waals surface area contributed by atoms with Crippen molar-refractivity contribution in [1.29, 1.82) is 0 Å². The number of allylic oxidation sites excluding steroid dienone is 1. The van der Waals surface area contributed by atoms with Crippen molar-refractivity contribution in [2.24, 2.45) is 5.92 Å². The smallest absolute Gasteiger partial charge is 0.235 e.